The summed E-state index contributed by atoms with van der Waals surface area (Å²) in [5, 5.41) is 5.16. The lowest BCUT2D eigenvalue weighted by Crippen LogP contribution is -2.19. The van der Waals surface area contributed by atoms with Crippen LogP contribution in [-0.2, 0) is 6.42 Å². The highest BCUT2D eigenvalue weighted by Gasteiger charge is 2.17. The van der Waals surface area contributed by atoms with E-state index >= 15 is 0 Å². The van der Waals surface area contributed by atoms with Crippen LogP contribution < -0.4 is 5.43 Å². The molecule has 1 heterocycles. The first kappa shape index (κ1) is 18.2. The van der Waals surface area contributed by atoms with Gasteiger partial charge in [-0.3, -0.25) is 4.79 Å². The molecule has 0 unspecified atom stereocenters. The molecule has 0 saturated carbocycles. The molecule has 0 spiro atoms. The Morgan fingerprint density at radius 1 is 0.964 bits per heavy atom. The van der Waals surface area contributed by atoms with Crippen molar-refractivity contribution in [2.75, 3.05) is 0 Å². The summed E-state index contributed by atoms with van der Waals surface area (Å²) in [5.41, 5.74) is 7.15. The predicted molar refractivity (Wildman–Crippen MR) is 117 cm³/mol. The zero-order valence-electron chi connectivity index (χ0n) is 15.0. The number of hydrogen-bond donors (Lipinski definition) is 2. The second kappa shape index (κ2) is 8.23. The van der Waals surface area contributed by atoms with E-state index in [4.69, 9.17) is 0 Å². The third-order valence-corrected chi connectivity index (χ3v) is 5.04. The van der Waals surface area contributed by atoms with E-state index in [0.29, 0.717) is 12.1 Å². The van der Waals surface area contributed by atoms with Crippen LogP contribution in [0.3, 0.4) is 0 Å². The molecule has 2 N–H and O–H groups in total. The van der Waals surface area contributed by atoms with E-state index in [9.17, 15) is 4.79 Å². The number of hydrazone groups is 1. The first-order chi connectivity index (χ1) is 13.7. The standard InChI is InChI=1S/C23H18BrN3O/c24-18-12-10-17(11-13-18)15-25-27-23(28)22-20(14-16-6-2-1-3-7-16)19-8-4-5-9-21(19)26-22/h1-13,15,26H,14H2,(H,27,28)/b25-15+. The minimum Gasteiger partial charge on any atom is -0.350 e. The Bertz CT molecular complexity index is 1130. The molecule has 0 aliphatic rings. The van der Waals surface area contributed by atoms with Gasteiger partial charge in [-0.05, 0) is 34.9 Å². The zero-order valence-corrected chi connectivity index (χ0v) is 16.6. The third-order valence-electron chi connectivity index (χ3n) is 4.51. The van der Waals surface area contributed by atoms with Gasteiger partial charge in [-0.15, -0.1) is 0 Å². The summed E-state index contributed by atoms with van der Waals surface area (Å²) in [6.07, 6.45) is 2.30. The molecule has 1 aromatic heterocycles. The summed E-state index contributed by atoms with van der Waals surface area (Å²) in [6.45, 7) is 0. The molecule has 0 bridgehead atoms. The highest BCUT2D eigenvalue weighted by Crippen LogP contribution is 2.25. The van der Waals surface area contributed by atoms with Crippen LogP contribution in [0.15, 0.2) is 88.4 Å². The number of aromatic nitrogens is 1. The lowest BCUT2D eigenvalue weighted by atomic mass is 10.0. The maximum atomic E-state index is 12.8. The summed E-state index contributed by atoms with van der Waals surface area (Å²) in [7, 11) is 0. The van der Waals surface area contributed by atoms with E-state index in [2.05, 4.69) is 43.6 Å². The van der Waals surface area contributed by atoms with Gasteiger partial charge < -0.3 is 4.98 Å². The minimum absolute atomic E-state index is 0.254. The number of rotatable bonds is 5. The maximum absolute atomic E-state index is 12.8. The lowest BCUT2D eigenvalue weighted by molar-refractivity contribution is 0.0950. The van der Waals surface area contributed by atoms with Gasteiger partial charge in [0.15, 0.2) is 0 Å². The second-order valence-corrected chi connectivity index (χ2v) is 7.35. The smallest absolute Gasteiger partial charge is 0.288 e. The monoisotopic (exact) mass is 431 g/mol. The van der Waals surface area contributed by atoms with Gasteiger partial charge in [-0.1, -0.05) is 76.6 Å². The molecule has 0 atom stereocenters. The number of halogens is 1. The number of hydrogen-bond acceptors (Lipinski definition) is 2. The Morgan fingerprint density at radius 2 is 1.68 bits per heavy atom. The number of H-pyrrole nitrogens is 1. The number of aromatic amines is 1. The van der Waals surface area contributed by atoms with Gasteiger partial charge in [-0.25, -0.2) is 5.43 Å². The molecule has 3 aromatic carbocycles. The van der Waals surface area contributed by atoms with Crippen LogP contribution >= 0.6 is 15.9 Å². The van der Waals surface area contributed by atoms with Crippen LogP contribution in [0.2, 0.25) is 0 Å². The van der Waals surface area contributed by atoms with Crippen molar-refractivity contribution in [2.24, 2.45) is 5.10 Å². The van der Waals surface area contributed by atoms with Crippen molar-refractivity contribution in [1.82, 2.24) is 10.4 Å². The number of nitrogens with one attached hydrogen (secondary N) is 2. The van der Waals surface area contributed by atoms with Crippen LogP contribution in [-0.4, -0.2) is 17.1 Å². The molecule has 0 fully saturated rings. The van der Waals surface area contributed by atoms with Gasteiger partial charge in [0.1, 0.15) is 5.69 Å². The Morgan fingerprint density at radius 3 is 2.46 bits per heavy atom. The van der Waals surface area contributed by atoms with E-state index in [1.807, 2.05) is 66.7 Å². The summed E-state index contributed by atoms with van der Waals surface area (Å²) < 4.78 is 0.998. The van der Waals surface area contributed by atoms with Gasteiger partial charge in [0.25, 0.3) is 5.91 Å². The topological polar surface area (TPSA) is 57.2 Å². The average molecular weight is 432 g/mol. The predicted octanol–water partition coefficient (Wildman–Crippen LogP) is 5.29. The van der Waals surface area contributed by atoms with E-state index in [1.165, 1.54) is 0 Å². The summed E-state index contributed by atoms with van der Waals surface area (Å²) in [4.78, 5) is 16.1. The highest BCUT2D eigenvalue weighted by atomic mass is 79.9. The quantitative estimate of drug-likeness (QED) is 0.327. The van der Waals surface area contributed by atoms with Gasteiger partial charge >= 0.3 is 0 Å². The number of carbonyl (C=O) groups is 1. The van der Waals surface area contributed by atoms with Gasteiger partial charge in [0, 0.05) is 21.8 Å². The molecular weight excluding hydrogens is 414 g/mol. The summed E-state index contributed by atoms with van der Waals surface area (Å²) in [5.74, 6) is -0.254. The number of fused-ring (bicyclic) bond motifs is 1. The Balaban J connectivity index is 1.60. The van der Waals surface area contributed by atoms with Gasteiger partial charge in [0.05, 0.1) is 6.21 Å². The van der Waals surface area contributed by atoms with Crippen LogP contribution in [0.5, 0.6) is 0 Å². The van der Waals surface area contributed by atoms with Crippen molar-refractivity contribution >= 4 is 39.0 Å². The largest absolute Gasteiger partial charge is 0.350 e. The SMILES string of the molecule is O=C(N/N=C/c1ccc(Br)cc1)c1[nH]c2ccccc2c1Cc1ccccc1. The first-order valence-corrected chi connectivity index (χ1v) is 9.72. The molecule has 4 aromatic rings. The van der Waals surface area contributed by atoms with Crippen LogP contribution in [0, 0.1) is 0 Å². The number of amides is 1. The first-order valence-electron chi connectivity index (χ1n) is 8.93. The van der Waals surface area contributed by atoms with E-state index < -0.39 is 0 Å². The molecule has 5 heteroatoms. The Kier molecular flexibility index (Phi) is 5.35. The number of para-hydroxylation sites is 1. The van der Waals surface area contributed by atoms with Crippen LogP contribution in [0.25, 0.3) is 10.9 Å². The molecule has 1 amide bonds. The molecule has 4 nitrogen and oxygen atoms in total. The molecule has 4 rings (SSSR count). The van der Waals surface area contributed by atoms with Crippen molar-refractivity contribution in [2.45, 2.75) is 6.42 Å². The lowest BCUT2D eigenvalue weighted by Gasteiger charge is -2.04. The second-order valence-electron chi connectivity index (χ2n) is 6.44. The van der Waals surface area contributed by atoms with E-state index in [-0.39, 0.29) is 5.91 Å². The highest BCUT2D eigenvalue weighted by molar-refractivity contribution is 9.10. The fourth-order valence-corrected chi connectivity index (χ4v) is 3.41. The maximum Gasteiger partial charge on any atom is 0.288 e. The van der Waals surface area contributed by atoms with Crippen molar-refractivity contribution in [3.63, 3.8) is 0 Å². The molecule has 0 aliphatic heterocycles. The summed E-state index contributed by atoms with van der Waals surface area (Å²) >= 11 is 3.40. The summed E-state index contributed by atoms with van der Waals surface area (Å²) in [6, 6.07) is 25.8. The van der Waals surface area contributed by atoms with Crippen LogP contribution in [0.1, 0.15) is 27.2 Å². The number of nitrogens with zero attached hydrogens (tertiary/aromatic N) is 1. The zero-order chi connectivity index (χ0) is 19.3. The molecule has 0 radical (unpaired) electrons. The number of carbonyl (C=O) groups excluding carboxylic acids is 1. The van der Waals surface area contributed by atoms with E-state index in [0.717, 1.165) is 32.1 Å². The van der Waals surface area contributed by atoms with Crippen molar-refractivity contribution < 1.29 is 4.79 Å². The van der Waals surface area contributed by atoms with Crippen molar-refractivity contribution in [3.8, 4) is 0 Å². The third kappa shape index (κ3) is 4.05. The Hall–Kier alpha value is -3.18. The number of benzene rings is 3. The van der Waals surface area contributed by atoms with Crippen molar-refractivity contribution in [1.29, 1.82) is 0 Å². The molecule has 0 saturated heterocycles. The van der Waals surface area contributed by atoms with Crippen LogP contribution in [0.4, 0.5) is 0 Å². The average Bonchev–Trinajstić information content (AvgIpc) is 3.09. The fraction of sp³-hybridized carbons (Fsp3) is 0.0435. The molecule has 138 valence electrons. The van der Waals surface area contributed by atoms with E-state index in [1.54, 1.807) is 6.21 Å². The van der Waals surface area contributed by atoms with Crippen molar-refractivity contribution in [3.05, 3.63) is 106 Å². The normalized spacial score (nSPS) is 11.2. The minimum atomic E-state index is -0.254. The molecule has 28 heavy (non-hydrogen) atoms. The van der Waals surface area contributed by atoms with Gasteiger partial charge in [0.2, 0.25) is 0 Å². The molecule has 0 aliphatic carbocycles. The molecular formula is C23H18BrN3O. The van der Waals surface area contributed by atoms with Gasteiger partial charge in [-0.2, -0.15) is 5.10 Å². The fourth-order valence-electron chi connectivity index (χ4n) is 3.15. The Labute approximate surface area is 171 Å².